The fraction of sp³-hybridized carbons (Fsp3) is 0.952. The Morgan fingerprint density at radius 1 is 1.04 bits per heavy atom. The summed E-state index contributed by atoms with van der Waals surface area (Å²) in [6, 6.07) is 0. The summed E-state index contributed by atoms with van der Waals surface area (Å²) in [5.41, 5.74) is 0.782. The molecule has 0 radical (unpaired) electrons. The van der Waals surface area contributed by atoms with Gasteiger partial charge in [-0.25, -0.2) is 0 Å². The smallest absolute Gasteiger partial charge is 0.161 e. The van der Waals surface area contributed by atoms with Gasteiger partial charge in [0.05, 0.1) is 0 Å². The summed E-state index contributed by atoms with van der Waals surface area (Å²) in [7, 11) is 0. The van der Waals surface area contributed by atoms with Crippen LogP contribution in [0.1, 0.15) is 78.6 Å². The number of hydrogen-bond donors (Lipinski definition) is 1. The van der Waals surface area contributed by atoms with Crippen molar-refractivity contribution in [2.75, 3.05) is 0 Å². The Morgan fingerprint density at radius 3 is 2.52 bits per heavy atom. The lowest BCUT2D eigenvalue weighted by molar-refractivity contribution is -0.155. The van der Waals surface area contributed by atoms with Crippen molar-refractivity contribution in [2.45, 2.75) is 84.7 Å². The number of aliphatic hydroxyl groups is 1. The van der Waals surface area contributed by atoms with Gasteiger partial charge in [-0.05, 0) is 85.4 Å². The van der Waals surface area contributed by atoms with Gasteiger partial charge in [-0.3, -0.25) is 4.79 Å². The highest BCUT2D eigenvalue weighted by atomic mass is 16.3. The lowest BCUT2D eigenvalue weighted by Crippen LogP contribution is -2.55. The zero-order valence-corrected chi connectivity index (χ0v) is 15.2. The van der Waals surface area contributed by atoms with Crippen molar-refractivity contribution in [1.29, 1.82) is 0 Å². The highest BCUT2D eigenvalue weighted by Gasteiger charge is 2.60. The van der Waals surface area contributed by atoms with Gasteiger partial charge in [-0.2, -0.15) is 0 Å². The van der Waals surface area contributed by atoms with Crippen LogP contribution in [0.5, 0.6) is 0 Å². The summed E-state index contributed by atoms with van der Waals surface area (Å²) in [5, 5.41) is 10.2. The molecule has 0 bridgehead atoms. The van der Waals surface area contributed by atoms with E-state index in [-0.39, 0.29) is 11.2 Å². The van der Waals surface area contributed by atoms with Crippen molar-refractivity contribution in [3.8, 4) is 0 Å². The molecule has 4 saturated carbocycles. The van der Waals surface area contributed by atoms with Gasteiger partial charge in [0.15, 0.2) is 5.78 Å². The number of rotatable bonds is 1. The van der Waals surface area contributed by atoms with E-state index in [0.717, 1.165) is 30.1 Å². The van der Waals surface area contributed by atoms with Gasteiger partial charge in [0.1, 0.15) is 6.10 Å². The number of hydrogen-bond acceptors (Lipinski definition) is 2. The van der Waals surface area contributed by atoms with Crippen LogP contribution in [0.2, 0.25) is 0 Å². The fourth-order valence-corrected chi connectivity index (χ4v) is 7.88. The highest BCUT2D eigenvalue weighted by molar-refractivity contribution is 5.84. The quantitative estimate of drug-likeness (QED) is 0.767. The van der Waals surface area contributed by atoms with Crippen LogP contribution in [-0.2, 0) is 4.79 Å². The summed E-state index contributed by atoms with van der Waals surface area (Å²) < 4.78 is 0. The van der Waals surface area contributed by atoms with Crippen LogP contribution in [0.4, 0.5) is 0 Å². The van der Waals surface area contributed by atoms with Crippen LogP contribution in [0.3, 0.4) is 0 Å². The molecule has 130 valence electrons. The fourth-order valence-electron chi connectivity index (χ4n) is 7.88. The Kier molecular flexibility index (Phi) is 3.72. The van der Waals surface area contributed by atoms with E-state index < -0.39 is 6.10 Å². The third-order valence-corrected chi connectivity index (χ3v) is 9.21. The molecule has 8 atom stereocenters. The first-order valence-corrected chi connectivity index (χ1v) is 10.1. The van der Waals surface area contributed by atoms with Crippen molar-refractivity contribution in [3.05, 3.63) is 0 Å². The molecular weight excluding hydrogens is 284 g/mol. The largest absolute Gasteiger partial charge is 0.385 e. The van der Waals surface area contributed by atoms with Crippen LogP contribution < -0.4 is 0 Å². The predicted molar refractivity (Wildman–Crippen MR) is 91.9 cm³/mol. The van der Waals surface area contributed by atoms with E-state index in [1.54, 1.807) is 0 Å². The van der Waals surface area contributed by atoms with Gasteiger partial charge in [-0.15, -0.1) is 0 Å². The molecule has 4 rings (SSSR count). The molecule has 2 nitrogen and oxygen atoms in total. The van der Waals surface area contributed by atoms with Gasteiger partial charge >= 0.3 is 0 Å². The molecule has 2 unspecified atom stereocenters. The Bertz CT molecular complexity index is 500. The Morgan fingerprint density at radius 2 is 1.78 bits per heavy atom. The van der Waals surface area contributed by atoms with Crippen LogP contribution in [0.25, 0.3) is 0 Å². The molecule has 4 aliphatic rings. The standard InChI is InChI=1S/C21H34O2/c1-4-13-6-8-16-15-7-5-14-11-18(22)19(23)12-21(14,3)17(15)9-10-20(13,16)2/h13-17,19,23H,4-12H2,1-3H3/t13-,14?,15-,16-,17-,19?,20+,21-/m0/s1. The second-order valence-corrected chi connectivity index (χ2v) is 9.77. The Labute approximate surface area is 141 Å². The van der Waals surface area contributed by atoms with Crippen LogP contribution >= 0.6 is 0 Å². The van der Waals surface area contributed by atoms with Gasteiger partial charge in [-0.1, -0.05) is 27.2 Å². The monoisotopic (exact) mass is 318 g/mol. The first-order valence-electron chi connectivity index (χ1n) is 10.1. The minimum atomic E-state index is -0.685. The maximum Gasteiger partial charge on any atom is 0.161 e. The van der Waals surface area contributed by atoms with E-state index in [2.05, 4.69) is 20.8 Å². The third kappa shape index (κ3) is 2.12. The zero-order chi connectivity index (χ0) is 16.4. The first-order chi connectivity index (χ1) is 10.9. The van der Waals surface area contributed by atoms with Crippen molar-refractivity contribution in [3.63, 3.8) is 0 Å². The molecule has 0 aromatic carbocycles. The summed E-state index contributed by atoms with van der Waals surface area (Å²) in [6.07, 6.45) is 10.2. The van der Waals surface area contributed by atoms with Crippen molar-refractivity contribution >= 4 is 5.78 Å². The minimum absolute atomic E-state index is 0.110. The number of carbonyl (C=O) groups is 1. The second kappa shape index (κ2) is 5.31. The topological polar surface area (TPSA) is 37.3 Å². The minimum Gasteiger partial charge on any atom is -0.385 e. The summed E-state index contributed by atoms with van der Waals surface area (Å²) in [5.74, 6) is 4.08. The molecule has 0 aliphatic heterocycles. The van der Waals surface area contributed by atoms with E-state index in [1.807, 2.05) is 0 Å². The normalized spacial score (nSPS) is 55.9. The summed E-state index contributed by atoms with van der Waals surface area (Å²) in [6.45, 7) is 7.38. The number of aliphatic hydroxyl groups excluding tert-OH is 1. The molecule has 4 aliphatic carbocycles. The molecule has 0 spiro atoms. The lowest BCUT2D eigenvalue weighted by atomic mass is 9.44. The molecular formula is C21H34O2. The number of carbonyl (C=O) groups excluding carboxylic acids is 1. The molecule has 2 heteroatoms. The highest BCUT2D eigenvalue weighted by Crippen LogP contribution is 2.67. The Hall–Kier alpha value is -0.370. The molecule has 0 saturated heterocycles. The zero-order valence-electron chi connectivity index (χ0n) is 15.2. The maximum absolute atomic E-state index is 12.0. The molecule has 1 N–H and O–H groups in total. The van der Waals surface area contributed by atoms with Gasteiger partial charge in [0.25, 0.3) is 0 Å². The molecule has 23 heavy (non-hydrogen) atoms. The Balaban J connectivity index is 1.63. The maximum atomic E-state index is 12.0. The van der Waals surface area contributed by atoms with Gasteiger partial charge in [0, 0.05) is 6.42 Å². The molecule has 0 aromatic heterocycles. The molecule has 0 aromatic rings. The van der Waals surface area contributed by atoms with Gasteiger partial charge < -0.3 is 5.11 Å². The number of fused-ring (bicyclic) bond motifs is 5. The number of ketones is 1. The van der Waals surface area contributed by atoms with E-state index in [1.165, 1.54) is 44.9 Å². The van der Waals surface area contributed by atoms with E-state index in [0.29, 0.717) is 17.8 Å². The van der Waals surface area contributed by atoms with Crippen LogP contribution in [-0.4, -0.2) is 17.0 Å². The third-order valence-electron chi connectivity index (χ3n) is 9.21. The first kappa shape index (κ1) is 16.1. The second-order valence-electron chi connectivity index (χ2n) is 9.77. The SMILES string of the molecule is CC[C@H]1CC[C@H]2[C@@H]3CCC4CC(=O)C(O)C[C@]4(C)[C@H]3CC[C@]12C. The summed E-state index contributed by atoms with van der Waals surface area (Å²) >= 11 is 0. The molecule has 0 amide bonds. The molecule has 0 heterocycles. The van der Waals surface area contributed by atoms with Gasteiger partial charge in [0.2, 0.25) is 0 Å². The van der Waals surface area contributed by atoms with E-state index >= 15 is 0 Å². The van der Waals surface area contributed by atoms with Crippen LogP contribution in [0.15, 0.2) is 0 Å². The van der Waals surface area contributed by atoms with Crippen molar-refractivity contribution in [1.82, 2.24) is 0 Å². The lowest BCUT2D eigenvalue weighted by Gasteiger charge is -2.60. The predicted octanol–water partition coefficient (Wildman–Crippen LogP) is 4.60. The summed E-state index contributed by atoms with van der Waals surface area (Å²) in [4.78, 5) is 12.0. The molecule has 4 fully saturated rings. The van der Waals surface area contributed by atoms with Crippen molar-refractivity contribution < 1.29 is 9.90 Å². The average molecular weight is 319 g/mol. The average Bonchev–Trinajstić information content (AvgIpc) is 2.85. The van der Waals surface area contributed by atoms with E-state index in [4.69, 9.17) is 0 Å². The van der Waals surface area contributed by atoms with E-state index in [9.17, 15) is 9.90 Å². The van der Waals surface area contributed by atoms with Crippen molar-refractivity contribution in [2.24, 2.45) is 40.4 Å². The number of Topliss-reactive ketones (excluding diaryl/α,β-unsaturated/α-hetero) is 1. The van der Waals surface area contributed by atoms with Crippen LogP contribution in [0, 0.1) is 40.4 Å².